The lowest BCUT2D eigenvalue weighted by atomic mass is 10.1. The Morgan fingerprint density at radius 1 is 1.06 bits per heavy atom. The van der Waals surface area contributed by atoms with Crippen molar-refractivity contribution in [1.82, 2.24) is 9.97 Å². The fourth-order valence-electron chi connectivity index (χ4n) is 2.75. The zero-order valence-corrected chi connectivity index (χ0v) is 17.8. The molecule has 0 radical (unpaired) electrons. The van der Waals surface area contributed by atoms with Crippen LogP contribution in [0.4, 0.5) is 24.9 Å². The Labute approximate surface area is 183 Å². The number of aromatic nitrogens is 2. The molecule has 0 aliphatic heterocycles. The van der Waals surface area contributed by atoms with Crippen LogP contribution in [-0.2, 0) is 6.54 Å². The summed E-state index contributed by atoms with van der Waals surface area (Å²) in [5.41, 5.74) is 1.81. The maximum atomic E-state index is 12.6. The second kappa shape index (κ2) is 9.87. The van der Waals surface area contributed by atoms with E-state index in [1.54, 1.807) is 18.2 Å². The van der Waals surface area contributed by atoms with E-state index in [2.05, 4.69) is 25.3 Å². The molecule has 0 saturated carbocycles. The lowest BCUT2D eigenvalue weighted by molar-refractivity contribution is -0.274. The molecule has 0 aliphatic carbocycles. The molecule has 164 valence electrons. The molecule has 0 bridgehead atoms. The Morgan fingerprint density at radius 2 is 1.84 bits per heavy atom. The summed E-state index contributed by atoms with van der Waals surface area (Å²) in [5, 5.41) is 7.04. The summed E-state index contributed by atoms with van der Waals surface area (Å²) in [6.07, 6.45) is -3.92. The zero-order valence-electron chi connectivity index (χ0n) is 17.0. The summed E-state index contributed by atoms with van der Waals surface area (Å²) in [4.78, 5) is 8.96. The fourth-order valence-corrected chi connectivity index (χ4v) is 2.96. The minimum atomic E-state index is -4.77. The van der Waals surface area contributed by atoms with Crippen LogP contribution in [0.25, 0.3) is 11.3 Å². The molecule has 1 aromatic heterocycles. The molecule has 0 aliphatic rings. The summed E-state index contributed by atoms with van der Waals surface area (Å²) in [7, 11) is 0. The lowest BCUT2D eigenvalue weighted by Gasteiger charge is -2.15. The highest BCUT2D eigenvalue weighted by Crippen LogP contribution is 2.29. The van der Waals surface area contributed by atoms with Gasteiger partial charge < -0.3 is 15.4 Å². The first-order chi connectivity index (χ1) is 14.7. The van der Waals surface area contributed by atoms with Crippen LogP contribution >= 0.6 is 11.6 Å². The minimum Gasteiger partial charge on any atom is -0.406 e. The van der Waals surface area contributed by atoms with Crippen LogP contribution in [0.15, 0.2) is 54.6 Å². The van der Waals surface area contributed by atoms with Crippen molar-refractivity contribution in [1.29, 1.82) is 0 Å². The number of ether oxygens (including phenoxy) is 1. The van der Waals surface area contributed by atoms with E-state index in [9.17, 15) is 13.2 Å². The van der Waals surface area contributed by atoms with Crippen molar-refractivity contribution in [2.75, 3.05) is 10.6 Å². The van der Waals surface area contributed by atoms with E-state index in [-0.39, 0.29) is 11.8 Å². The van der Waals surface area contributed by atoms with E-state index in [0.29, 0.717) is 34.6 Å². The molecule has 9 heteroatoms. The Kier molecular flexibility index (Phi) is 7.22. The largest absolute Gasteiger partial charge is 0.573 e. The van der Waals surface area contributed by atoms with Gasteiger partial charge in [-0.25, -0.2) is 4.98 Å². The molecule has 5 nitrogen and oxygen atoms in total. The topological polar surface area (TPSA) is 59.1 Å². The maximum Gasteiger partial charge on any atom is 0.573 e. The number of rotatable bonds is 8. The Hall–Kier alpha value is -3.00. The van der Waals surface area contributed by atoms with Crippen LogP contribution in [0, 0.1) is 0 Å². The first kappa shape index (κ1) is 22.7. The number of hydrogen-bond donors (Lipinski definition) is 2. The normalized spacial score (nSPS) is 12.3. The summed E-state index contributed by atoms with van der Waals surface area (Å²) in [5.74, 6) is 0.569. The third-order valence-electron chi connectivity index (χ3n) is 4.50. The minimum absolute atomic E-state index is 0.117. The highest BCUT2D eigenvalue weighted by Gasteiger charge is 2.31. The predicted molar refractivity (Wildman–Crippen MR) is 116 cm³/mol. The Bertz CT molecular complexity index is 1030. The Morgan fingerprint density at radius 3 is 2.55 bits per heavy atom. The fraction of sp³-hybridized carbons (Fsp3) is 0.273. The second-order valence-electron chi connectivity index (χ2n) is 6.94. The monoisotopic (exact) mass is 450 g/mol. The van der Waals surface area contributed by atoms with E-state index < -0.39 is 6.36 Å². The molecular formula is C22H22ClF3N4O. The molecular weight excluding hydrogens is 429 g/mol. The Balaban J connectivity index is 1.92. The SMILES string of the molecule is CC[C@H](C)Nc1nc(NCc2ccccc2Cl)cc(-c2cccc(OC(F)(F)F)c2)n1. The van der Waals surface area contributed by atoms with Gasteiger partial charge in [0.25, 0.3) is 0 Å². The first-order valence-electron chi connectivity index (χ1n) is 9.72. The predicted octanol–water partition coefficient (Wildman–Crippen LogP) is 6.52. The van der Waals surface area contributed by atoms with Gasteiger partial charge in [0.15, 0.2) is 0 Å². The number of hydrogen-bond acceptors (Lipinski definition) is 5. The van der Waals surface area contributed by atoms with Crippen molar-refractivity contribution in [3.8, 4) is 17.0 Å². The number of halogens is 4. The average molecular weight is 451 g/mol. The van der Waals surface area contributed by atoms with Gasteiger partial charge in [-0.2, -0.15) is 4.98 Å². The molecule has 0 unspecified atom stereocenters. The molecule has 0 saturated heterocycles. The van der Waals surface area contributed by atoms with Gasteiger partial charge in [0.05, 0.1) is 5.69 Å². The summed E-state index contributed by atoms with van der Waals surface area (Å²) in [6.45, 7) is 4.44. The van der Waals surface area contributed by atoms with E-state index in [1.165, 1.54) is 18.2 Å². The van der Waals surface area contributed by atoms with Crippen LogP contribution in [0.1, 0.15) is 25.8 Å². The molecule has 0 spiro atoms. The standard InChI is InChI=1S/C22H22ClF3N4O/c1-3-14(2)28-21-29-19(15-8-6-9-17(11-15)31-22(24,25)26)12-20(30-21)27-13-16-7-4-5-10-18(16)23/h4-12,14H,3,13H2,1-2H3,(H2,27,28,29,30)/t14-/m0/s1. The van der Waals surface area contributed by atoms with E-state index in [4.69, 9.17) is 11.6 Å². The second-order valence-corrected chi connectivity index (χ2v) is 7.34. The van der Waals surface area contributed by atoms with Crippen LogP contribution in [0.2, 0.25) is 5.02 Å². The molecule has 3 rings (SSSR count). The average Bonchev–Trinajstić information content (AvgIpc) is 2.72. The van der Waals surface area contributed by atoms with Gasteiger partial charge in [-0.15, -0.1) is 13.2 Å². The first-order valence-corrected chi connectivity index (χ1v) is 10.1. The van der Waals surface area contributed by atoms with Crippen molar-refractivity contribution < 1.29 is 17.9 Å². The lowest BCUT2D eigenvalue weighted by Crippen LogP contribution is -2.17. The van der Waals surface area contributed by atoms with Crippen molar-refractivity contribution in [2.45, 2.75) is 39.2 Å². The number of nitrogens with zero attached hydrogens (tertiary/aromatic N) is 2. The molecule has 0 amide bonds. The van der Waals surface area contributed by atoms with Crippen molar-refractivity contribution in [3.05, 3.63) is 65.2 Å². The third-order valence-corrected chi connectivity index (χ3v) is 4.86. The highest BCUT2D eigenvalue weighted by molar-refractivity contribution is 6.31. The van der Waals surface area contributed by atoms with Gasteiger partial charge in [-0.05, 0) is 37.1 Å². The van der Waals surface area contributed by atoms with E-state index >= 15 is 0 Å². The van der Waals surface area contributed by atoms with Gasteiger partial charge in [0.2, 0.25) is 5.95 Å². The molecule has 3 aromatic rings. The zero-order chi connectivity index (χ0) is 22.4. The third kappa shape index (κ3) is 6.75. The van der Waals surface area contributed by atoms with E-state index in [1.807, 2.05) is 32.0 Å². The van der Waals surface area contributed by atoms with Crippen molar-refractivity contribution >= 4 is 23.4 Å². The highest BCUT2D eigenvalue weighted by atomic mass is 35.5. The van der Waals surface area contributed by atoms with Crippen molar-refractivity contribution in [2.24, 2.45) is 0 Å². The van der Waals surface area contributed by atoms with Crippen LogP contribution in [0.5, 0.6) is 5.75 Å². The number of anilines is 2. The maximum absolute atomic E-state index is 12.6. The van der Waals surface area contributed by atoms with Crippen LogP contribution < -0.4 is 15.4 Å². The van der Waals surface area contributed by atoms with Crippen LogP contribution in [0.3, 0.4) is 0 Å². The number of alkyl halides is 3. The molecule has 1 heterocycles. The molecule has 1 atom stereocenters. The van der Waals surface area contributed by atoms with Gasteiger partial charge in [0, 0.05) is 29.2 Å². The molecule has 0 fully saturated rings. The molecule has 31 heavy (non-hydrogen) atoms. The molecule has 2 N–H and O–H groups in total. The molecule has 2 aromatic carbocycles. The van der Waals surface area contributed by atoms with Gasteiger partial charge >= 0.3 is 6.36 Å². The summed E-state index contributed by atoms with van der Waals surface area (Å²) >= 11 is 6.22. The smallest absolute Gasteiger partial charge is 0.406 e. The summed E-state index contributed by atoms with van der Waals surface area (Å²) in [6, 6.07) is 14.9. The van der Waals surface area contributed by atoms with Crippen LogP contribution in [-0.4, -0.2) is 22.4 Å². The van der Waals surface area contributed by atoms with Gasteiger partial charge in [-0.1, -0.05) is 48.9 Å². The number of benzene rings is 2. The van der Waals surface area contributed by atoms with Crippen molar-refractivity contribution in [3.63, 3.8) is 0 Å². The van der Waals surface area contributed by atoms with Gasteiger partial charge in [0.1, 0.15) is 11.6 Å². The van der Waals surface area contributed by atoms with Gasteiger partial charge in [-0.3, -0.25) is 0 Å². The number of nitrogens with one attached hydrogen (secondary N) is 2. The van der Waals surface area contributed by atoms with E-state index in [0.717, 1.165) is 12.0 Å². The summed E-state index contributed by atoms with van der Waals surface area (Å²) < 4.78 is 41.8. The quantitative estimate of drug-likeness (QED) is 0.409.